The quantitative estimate of drug-likeness (QED) is 0.0859. The Kier molecular flexibility index (Phi) is 8.96. The number of hydrogen-bond donors (Lipinski definition) is 6. The van der Waals surface area contributed by atoms with Gasteiger partial charge in [0, 0.05) is 0 Å². The highest BCUT2D eigenvalue weighted by atomic mass is 16.5. The van der Waals surface area contributed by atoms with Crippen LogP contribution in [0.4, 0.5) is 0 Å². The van der Waals surface area contributed by atoms with Crippen LogP contribution in [0.25, 0.3) is 21.9 Å². The molecule has 6 N–H and O–H groups in total. The van der Waals surface area contributed by atoms with Gasteiger partial charge in [0.1, 0.15) is 45.3 Å². The molecule has 16 heteroatoms. The van der Waals surface area contributed by atoms with Crippen molar-refractivity contribution in [1.82, 2.24) is 10.9 Å². The van der Waals surface area contributed by atoms with Gasteiger partial charge in [-0.05, 0) is 50.2 Å². The second kappa shape index (κ2) is 12.6. The van der Waals surface area contributed by atoms with Crippen LogP contribution in [0.2, 0.25) is 0 Å². The summed E-state index contributed by atoms with van der Waals surface area (Å²) in [5, 5.41) is 49.2. The Bertz CT molecular complexity index is 1820. The predicted octanol–water partition coefficient (Wildman–Crippen LogP) is 0.430. The molecule has 0 aliphatic carbocycles. The van der Waals surface area contributed by atoms with E-state index in [4.69, 9.17) is 18.3 Å². The number of aliphatic hydroxyl groups excluding tert-OH is 2. The number of carbonyl (C=O) groups is 2. The van der Waals surface area contributed by atoms with Gasteiger partial charge in [-0.1, -0.05) is 0 Å². The molecule has 4 rings (SSSR count). The van der Waals surface area contributed by atoms with E-state index in [0.29, 0.717) is 11.5 Å². The highest BCUT2D eigenvalue weighted by Crippen LogP contribution is 2.31. The van der Waals surface area contributed by atoms with Gasteiger partial charge in [-0.15, -0.1) is 0 Å². The minimum atomic E-state index is -2.38. The maximum Gasteiger partial charge on any atom is 0.349 e. The van der Waals surface area contributed by atoms with Crippen molar-refractivity contribution < 1.29 is 48.3 Å². The largest absolute Gasteiger partial charge is 0.506 e. The van der Waals surface area contributed by atoms with E-state index in [1.54, 1.807) is 0 Å². The second-order valence-corrected chi connectivity index (χ2v) is 9.19. The van der Waals surface area contributed by atoms with Gasteiger partial charge in [0.25, 0.3) is 11.8 Å². The summed E-state index contributed by atoms with van der Waals surface area (Å²) in [6, 6.07) is 8.69. The highest BCUT2D eigenvalue weighted by Gasteiger charge is 2.31. The SMILES string of the molecule is COc1ccc2oc(=O)c(/C(C)=N/NC(=O)C(O)C(O)C(=O)N/N=C(\C)c3c(O)c4cc(OC)ccc4oc3=O)c(O)c2c1. The lowest BCUT2D eigenvalue weighted by Gasteiger charge is -2.15. The van der Waals surface area contributed by atoms with Crippen LogP contribution in [0, 0.1) is 0 Å². The Hall–Kier alpha value is -5.74. The molecule has 2 amide bonds. The maximum atomic E-state index is 12.4. The molecule has 44 heavy (non-hydrogen) atoms. The number of methoxy groups -OCH3 is 2. The van der Waals surface area contributed by atoms with Crippen LogP contribution in [-0.2, 0) is 9.59 Å². The molecule has 0 saturated carbocycles. The third-order valence-corrected chi connectivity index (χ3v) is 6.40. The summed E-state index contributed by atoms with van der Waals surface area (Å²) in [5.41, 5.74) is 0.681. The minimum absolute atomic E-state index is 0.0632. The number of benzene rings is 2. The standard InChI is InChI=1S/C28H26N4O12/c1-11(19-21(33)15-9-13(41-3)5-7-17(15)43-27(19)39)29-31-25(37)23(35)24(36)26(38)32-30-12(2)20-22(34)16-10-14(42-4)6-8-18(16)44-28(20)40/h5-10,23-24,33-36H,1-4H3,(H,31,37)(H,32,38)/b29-11+,30-12+. The van der Waals surface area contributed by atoms with Crippen LogP contribution in [0.1, 0.15) is 25.0 Å². The lowest BCUT2D eigenvalue weighted by atomic mass is 10.1. The fourth-order valence-corrected chi connectivity index (χ4v) is 4.03. The normalized spacial score (nSPS) is 13.4. The summed E-state index contributed by atoms with van der Waals surface area (Å²) in [6.45, 7) is 2.50. The van der Waals surface area contributed by atoms with Crippen LogP contribution in [-0.4, -0.2) is 70.1 Å². The molecular formula is C28H26N4O12. The van der Waals surface area contributed by atoms with Crippen molar-refractivity contribution >= 4 is 45.2 Å². The van der Waals surface area contributed by atoms with E-state index in [2.05, 4.69) is 10.2 Å². The molecule has 0 aliphatic heterocycles. The van der Waals surface area contributed by atoms with Gasteiger partial charge in [-0.25, -0.2) is 20.4 Å². The Labute approximate surface area is 246 Å². The monoisotopic (exact) mass is 610 g/mol. The zero-order chi connectivity index (χ0) is 32.3. The molecule has 16 nitrogen and oxygen atoms in total. The van der Waals surface area contributed by atoms with E-state index in [1.807, 2.05) is 10.9 Å². The van der Waals surface area contributed by atoms with E-state index in [1.165, 1.54) is 64.5 Å². The second-order valence-electron chi connectivity index (χ2n) is 9.19. The molecule has 0 spiro atoms. The van der Waals surface area contributed by atoms with Crippen LogP contribution < -0.4 is 31.6 Å². The number of aliphatic hydroxyl groups is 2. The van der Waals surface area contributed by atoms with Crippen molar-refractivity contribution in [3.8, 4) is 23.0 Å². The van der Waals surface area contributed by atoms with Gasteiger partial charge in [-0.3, -0.25) is 9.59 Å². The predicted molar refractivity (Wildman–Crippen MR) is 154 cm³/mol. The minimum Gasteiger partial charge on any atom is -0.506 e. The first kappa shape index (κ1) is 31.2. The van der Waals surface area contributed by atoms with E-state index in [0.717, 1.165) is 0 Å². The fraction of sp³-hybridized carbons (Fsp3) is 0.214. The number of amides is 2. The zero-order valence-corrected chi connectivity index (χ0v) is 23.6. The van der Waals surface area contributed by atoms with E-state index in [-0.39, 0.29) is 33.4 Å². The average molecular weight is 611 g/mol. The summed E-state index contributed by atoms with van der Waals surface area (Å²) in [5.74, 6) is -3.01. The number of hydrogen-bond acceptors (Lipinski definition) is 14. The highest BCUT2D eigenvalue weighted by molar-refractivity contribution is 6.06. The lowest BCUT2D eigenvalue weighted by molar-refractivity contribution is -0.146. The summed E-state index contributed by atoms with van der Waals surface area (Å²) >= 11 is 0. The lowest BCUT2D eigenvalue weighted by Crippen LogP contribution is -2.48. The number of nitrogens with zero attached hydrogens (tertiary/aromatic N) is 2. The molecule has 0 fully saturated rings. The summed E-state index contributed by atoms with van der Waals surface area (Å²) < 4.78 is 20.5. The topological polar surface area (TPSA) is 243 Å². The molecule has 2 unspecified atom stereocenters. The van der Waals surface area contributed by atoms with Crippen molar-refractivity contribution in [2.24, 2.45) is 10.2 Å². The molecule has 0 bridgehead atoms. The third kappa shape index (κ3) is 6.06. The summed E-state index contributed by atoms with van der Waals surface area (Å²) in [6.07, 6.45) is -4.75. The third-order valence-electron chi connectivity index (χ3n) is 6.40. The number of hydrazone groups is 2. The fourth-order valence-electron chi connectivity index (χ4n) is 4.03. The number of nitrogens with one attached hydrogen (secondary N) is 2. The van der Waals surface area contributed by atoms with Crippen LogP contribution in [0.3, 0.4) is 0 Å². The molecule has 4 aromatic rings. The molecule has 0 aliphatic rings. The summed E-state index contributed by atoms with van der Waals surface area (Å²) in [7, 11) is 2.81. The molecule has 0 radical (unpaired) electrons. The zero-order valence-electron chi connectivity index (χ0n) is 23.6. The molecule has 2 heterocycles. The Morgan fingerprint density at radius 3 is 1.43 bits per heavy atom. The van der Waals surface area contributed by atoms with Gasteiger partial charge in [-0.2, -0.15) is 10.2 Å². The van der Waals surface area contributed by atoms with Gasteiger partial charge < -0.3 is 38.7 Å². The van der Waals surface area contributed by atoms with Crippen molar-refractivity contribution in [2.75, 3.05) is 14.2 Å². The van der Waals surface area contributed by atoms with Crippen LogP contribution in [0.5, 0.6) is 23.0 Å². The first-order valence-corrected chi connectivity index (χ1v) is 12.6. The van der Waals surface area contributed by atoms with Gasteiger partial charge in [0.05, 0.1) is 36.4 Å². The first-order valence-electron chi connectivity index (χ1n) is 12.6. The number of rotatable bonds is 9. The maximum absolute atomic E-state index is 12.4. The molecule has 2 aromatic heterocycles. The Morgan fingerprint density at radius 2 is 1.09 bits per heavy atom. The molecular weight excluding hydrogens is 584 g/mol. The number of carbonyl (C=O) groups excluding carboxylic acids is 2. The van der Waals surface area contributed by atoms with Crippen molar-refractivity contribution in [1.29, 1.82) is 0 Å². The van der Waals surface area contributed by atoms with Crippen LogP contribution >= 0.6 is 0 Å². The Morgan fingerprint density at radius 1 is 0.727 bits per heavy atom. The first-order chi connectivity index (χ1) is 20.9. The van der Waals surface area contributed by atoms with E-state index in [9.17, 15) is 39.6 Å². The number of ether oxygens (including phenoxy) is 2. The van der Waals surface area contributed by atoms with Gasteiger partial charge in [0.15, 0.2) is 12.2 Å². The van der Waals surface area contributed by atoms with Gasteiger partial charge >= 0.3 is 11.3 Å². The van der Waals surface area contributed by atoms with Crippen molar-refractivity contribution in [3.05, 3.63) is 68.4 Å². The van der Waals surface area contributed by atoms with Crippen molar-refractivity contribution in [2.45, 2.75) is 26.1 Å². The molecule has 2 aromatic carbocycles. The van der Waals surface area contributed by atoms with Gasteiger partial charge in [0.2, 0.25) is 0 Å². The summed E-state index contributed by atoms with van der Waals surface area (Å²) in [4.78, 5) is 49.7. The van der Waals surface area contributed by atoms with Crippen molar-refractivity contribution in [3.63, 3.8) is 0 Å². The average Bonchev–Trinajstić information content (AvgIpc) is 3.01. The number of aromatic hydroxyl groups is 2. The smallest absolute Gasteiger partial charge is 0.349 e. The number of fused-ring (bicyclic) bond motifs is 2. The Balaban J connectivity index is 1.47. The molecule has 2 atom stereocenters. The molecule has 0 saturated heterocycles. The van der Waals surface area contributed by atoms with E-state index >= 15 is 0 Å². The van der Waals surface area contributed by atoms with Crippen LogP contribution in [0.15, 0.2) is 65.0 Å². The van der Waals surface area contributed by atoms with E-state index < -0.39 is 57.9 Å². The molecule has 230 valence electrons.